The van der Waals surface area contributed by atoms with E-state index in [2.05, 4.69) is 19.9 Å². The lowest BCUT2D eigenvalue weighted by molar-refractivity contribution is 0.340. The van der Waals surface area contributed by atoms with Gasteiger partial charge in [-0.25, -0.2) is 0 Å². The maximum atomic E-state index is 8.57. The Bertz CT molecular complexity index is 147. The Morgan fingerprint density at radius 3 is 2.73 bits per heavy atom. The Morgan fingerprint density at radius 1 is 1.55 bits per heavy atom. The SMILES string of the molecule is CC1(C)CCC(/C=C/CO)C1. The molecule has 0 aliphatic heterocycles. The molecule has 1 saturated carbocycles. The van der Waals surface area contributed by atoms with Crippen LogP contribution in [0.1, 0.15) is 33.1 Å². The molecule has 1 rings (SSSR count). The van der Waals surface area contributed by atoms with E-state index >= 15 is 0 Å². The molecule has 0 heterocycles. The van der Waals surface area contributed by atoms with Crippen LogP contribution in [0.4, 0.5) is 0 Å². The first-order chi connectivity index (χ1) is 5.14. The third-order valence-electron chi connectivity index (χ3n) is 2.52. The summed E-state index contributed by atoms with van der Waals surface area (Å²) in [5.74, 6) is 0.720. The molecule has 0 aromatic carbocycles. The number of rotatable bonds is 2. The summed E-state index contributed by atoms with van der Waals surface area (Å²) in [7, 11) is 0. The molecule has 1 nitrogen and oxygen atoms in total. The summed E-state index contributed by atoms with van der Waals surface area (Å²) in [5.41, 5.74) is 0.532. The van der Waals surface area contributed by atoms with Crippen LogP contribution in [0.2, 0.25) is 0 Å². The summed E-state index contributed by atoms with van der Waals surface area (Å²) in [6.45, 7) is 4.83. The largest absolute Gasteiger partial charge is 0.392 e. The second-order valence-electron chi connectivity index (χ2n) is 4.28. The molecule has 0 spiro atoms. The maximum absolute atomic E-state index is 8.57. The third kappa shape index (κ3) is 2.66. The van der Waals surface area contributed by atoms with Crippen LogP contribution >= 0.6 is 0 Å². The van der Waals surface area contributed by atoms with Crippen molar-refractivity contribution in [3.63, 3.8) is 0 Å². The number of aliphatic hydroxyl groups is 1. The van der Waals surface area contributed by atoms with Crippen molar-refractivity contribution in [2.45, 2.75) is 33.1 Å². The summed E-state index contributed by atoms with van der Waals surface area (Å²) >= 11 is 0. The smallest absolute Gasteiger partial charge is 0.0612 e. The molecule has 1 atom stereocenters. The van der Waals surface area contributed by atoms with Crippen molar-refractivity contribution in [2.24, 2.45) is 11.3 Å². The molecule has 0 bridgehead atoms. The predicted molar refractivity (Wildman–Crippen MR) is 47.3 cm³/mol. The molecule has 1 aliphatic rings. The summed E-state index contributed by atoms with van der Waals surface area (Å²) in [4.78, 5) is 0. The quantitative estimate of drug-likeness (QED) is 0.605. The van der Waals surface area contributed by atoms with Gasteiger partial charge in [0.1, 0.15) is 0 Å². The van der Waals surface area contributed by atoms with Gasteiger partial charge in [-0.05, 0) is 30.6 Å². The molecule has 0 radical (unpaired) electrons. The Hall–Kier alpha value is -0.300. The van der Waals surface area contributed by atoms with Crippen LogP contribution in [0.5, 0.6) is 0 Å². The Morgan fingerprint density at radius 2 is 2.27 bits per heavy atom. The molecular formula is C10H18O. The molecule has 0 aromatic rings. The van der Waals surface area contributed by atoms with Crippen molar-refractivity contribution in [3.8, 4) is 0 Å². The fraction of sp³-hybridized carbons (Fsp3) is 0.800. The normalized spacial score (nSPS) is 29.9. The van der Waals surface area contributed by atoms with Crippen LogP contribution in [0.15, 0.2) is 12.2 Å². The monoisotopic (exact) mass is 154 g/mol. The number of hydrogen-bond acceptors (Lipinski definition) is 1. The van der Waals surface area contributed by atoms with Crippen molar-refractivity contribution < 1.29 is 5.11 Å². The van der Waals surface area contributed by atoms with Gasteiger partial charge in [-0.15, -0.1) is 0 Å². The van der Waals surface area contributed by atoms with Gasteiger partial charge < -0.3 is 5.11 Å². The van der Waals surface area contributed by atoms with E-state index in [4.69, 9.17) is 5.11 Å². The molecule has 0 amide bonds. The fourth-order valence-corrected chi connectivity index (χ4v) is 1.91. The van der Waals surface area contributed by atoms with E-state index in [9.17, 15) is 0 Å². The van der Waals surface area contributed by atoms with Crippen molar-refractivity contribution in [2.75, 3.05) is 6.61 Å². The standard InChI is InChI=1S/C10H18O/c1-10(2)6-5-9(8-10)4-3-7-11/h3-4,9,11H,5-8H2,1-2H3/b4-3+. The molecule has 0 saturated heterocycles. The van der Waals surface area contributed by atoms with Gasteiger partial charge in [-0.3, -0.25) is 0 Å². The van der Waals surface area contributed by atoms with Gasteiger partial charge in [0.25, 0.3) is 0 Å². The summed E-state index contributed by atoms with van der Waals surface area (Å²) in [5, 5.41) is 8.57. The maximum Gasteiger partial charge on any atom is 0.0612 e. The molecule has 11 heavy (non-hydrogen) atoms. The van der Waals surface area contributed by atoms with E-state index in [0.717, 1.165) is 5.92 Å². The number of allylic oxidation sites excluding steroid dienone is 1. The van der Waals surface area contributed by atoms with E-state index in [0.29, 0.717) is 5.41 Å². The van der Waals surface area contributed by atoms with Crippen LogP contribution < -0.4 is 0 Å². The zero-order chi connectivity index (χ0) is 8.32. The van der Waals surface area contributed by atoms with Crippen molar-refractivity contribution in [1.82, 2.24) is 0 Å². The lowest BCUT2D eigenvalue weighted by atomic mass is 9.90. The van der Waals surface area contributed by atoms with Gasteiger partial charge in [0, 0.05) is 0 Å². The molecule has 1 heteroatoms. The van der Waals surface area contributed by atoms with Gasteiger partial charge >= 0.3 is 0 Å². The molecule has 1 unspecified atom stereocenters. The van der Waals surface area contributed by atoms with E-state index in [1.54, 1.807) is 0 Å². The molecule has 1 aliphatic carbocycles. The zero-order valence-corrected chi connectivity index (χ0v) is 7.51. The highest BCUT2D eigenvalue weighted by Crippen LogP contribution is 2.41. The molecular weight excluding hydrogens is 136 g/mol. The highest BCUT2D eigenvalue weighted by molar-refractivity contribution is 4.95. The second-order valence-corrected chi connectivity index (χ2v) is 4.28. The first kappa shape index (κ1) is 8.79. The third-order valence-corrected chi connectivity index (χ3v) is 2.52. The first-order valence-corrected chi connectivity index (χ1v) is 4.41. The van der Waals surface area contributed by atoms with Crippen LogP contribution in [0.25, 0.3) is 0 Å². The predicted octanol–water partition coefficient (Wildman–Crippen LogP) is 2.36. The van der Waals surface area contributed by atoms with E-state index in [1.165, 1.54) is 19.3 Å². The van der Waals surface area contributed by atoms with Gasteiger partial charge in [-0.2, -0.15) is 0 Å². The van der Waals surface area contributed by atoms with Gasteiger partial charge in [0.05, 0.1) is 6.61 Å². The topological polar surface area (TPSA) is 20.2 Å². The van der Waals surface area contributed by atoms with Crippen LogP contribution in [-0.2, 0) is 0 Å². The second kappa shape index (κ2) is 3.40. The minimum Gasteiger partial charge on any atom is -0.392 e. The van der Waals surface area contributed by atoms with E-state index in [-0.39, 0.29) is 6.61 Å². The van der Waals surface area contributed by atoms with Crippen LogP contribution in [0, 0.1) is 11.3 Å². The Balaban J connectivity index is 2.36. The van der Waals surface area contributed by atoms with Crippen molar-refractivity contribution >= 4 is 0 Å². The number of hydrogen-bond donors (Lipinski definition) is 1. The Kier molecular flexibility index (Phi) is 2.72. The molecule has 0 aromatic heterocycles. The highest BCUT2D eigenvalue weighted by atomic mass is 16.2. The van der Waals surface area contributed by atoms with Gasteiger partial charge in [0.2, 0.25) is 0 Å². The minimum atomic E-state index is 0.191. The molecule has 64 valence electrons. The minimum absolute atomic E-state index is 0.191. The summed E-state index contributed by atoms with van der Waals surface area (Å²) < 4.78 is 0. The van der Waals surface area contributed by atoms with E-state index in [1.807, 2.05) is 6.08 Å². The van der Waals surface area contributed by atoms with Crippen LogP contribution in [-0.4, -0.2) is 11.7 Å². The first-order valence-electron chi connectivity index (χ1n) is 4.41. The lowest BCUT2D eigenvalue weighted by Gasteiger charge is -2.15. The highest BCUT2D eigenvalue weighted by Gasteiger charge is 2.28. The molecule has 1 N–H and O–H groups in total. The number of aliphatic hydroxyl groups excluding tert-OH is 1. The van der Waals surface area contributed by atoms with Gasteiger partial charge in [-0.1, -0.05) is 26.0 Å². The molecule has 1 fully saturated rings. The summed E-state index contributed by atoms with van der Waals surface area (Å²) in [6.07, 6.45) is 7.93. The fourth-order valence-electron chi connectivity index (χ4n) is 1.91. The van der Waals surface area contributed by atoms with E-state index < -0.39 is 0 Å². The van der Waals surface area contributed by atoms with Crippen molar-refractivity contribution in [1.29, 1.82) is 0 Å². The van der Waals surface area contributed by atoms with Gasteiger partial charge in [0.15, 0.2) is 0 Å². The Labute approximate surface area is 69.1 Å². The average molecular weight is 154 g/mol. The zero-order valence-electron chi connectivity index (χ0n) is 7.51. The van der Waals surface area contributed by atoms with Crippen molar-refractivity contribution in [3.05, 3.63) is 12.2 Å². The van der Waals surface area contributed by atoms with Crippen LogP contribution in [0.3, 0.4) is 0 Å². The summed E-state index contributed by atoms with van der Waals surface area (Å²) in [6, 6.07) is 0. The average Bonchev–Trinajstić information content (AvgIpc) is 2.26. The lowest BCUT2D eigenvalue weighted by Crippen LogP contribution is -2.04.